The van der Waals surface area contributed by atoms with Crippen LogP contribution < -0.4 is 15.5 Å². The first kappa shape index (κ1) is 16.2. The van der Waals surface area contributed by atoms with Crippen molar-refractivity contribution in [2.24, 2.45) is 0 Å². The quantitative estimate of drug-likeness (QED) is 0.486. The molecule has 0 amide bonds. The molecule has 1 saturated heterocycles. The van der Waals surface area contributed by atoms with Crippen molar-refractivity contribution in [2.75, 3.05) is 30.4 Å². The molecule has 1 fully saturated rings. The molecule has 0 spiro atoms. The zero-order valence-electron chi connectivity index (χ0n) is 15.0. The van der Waals surface area contributed by atoms with Gasteiger partial charge in [-0.15, -0.1) is 0 Å². The highest BCUT2D eigenvalue weighted by Crippen LogP contribution is 2.31. The highest BCUT2D eigenvalue weighted by atomic mass is 32.1. The van der Waals surface area contributed by atoms with E-state index in [-0.39, 0.29) is 0 Å². The Kier molecular flexibility index (Phi) is 3.80. The van der Waals surface area contributed by atoms with Crippen LogP contribution in [0.15, 0.2) is 30.7 Å². The second kappa shape index (κ2) is 6.32. The number of H-pyrrole nitrogens is 1. The lowest BCUT2D eigenvalue weighted by molar-refractivity contribution is 0.447. The number of likely N-dealkylation sites (N-methyl/N-ethyl adjacent to an activating group) is 1. The van der Waals surface area contributed by atoms with Gasteiger partial charge in [0.15, 0.2) is 5.65 Å². The summed E-state index contributed by atoms with van der Waals surface area (Å²) in [5, 5.41) is 19.2. The van der Waals surface area contributed by atoms with Crippen LogP contribution in [0.2, 0.25) is 0 Å². The second-order valence-electron chi connectivity index (χ2n) is 6.63. The molecule has 4 aromatic heterocycles. The van der Waals surface area contributed by atoms with Crippen molar-refractivity contribution < 1.29 is 0 Å². The van der Waals surface area contributed by atoms with Gasteiger partial charge in [-0.3, -0.25) is 5.10 Å². The first-order valence-corrected chi connectivity index (χ1v) is 9.49. The van der Waals surface area contributed by atoms with Gasteiger partial charge >= 0.3 is 0 Å². The Morgan fingerprint density at radius 1 is 1.26 bits per heavy atom. The van der Waals surface area contributed by atoms with Crippen molar-refractivity contribution in [1.82, 2.24) is 34.5 Å². The average Bonchev–Trinajstić information content (AvgIpc) is 3.34. The van der Waals surface area contributed by atoms with Crippen molar-refractivity contribution in [3.63, 3.8) is 0 Å². The van der Waals surface area contributed by atoms with E-state index in [1.807, 2.05) is 43.0 Å². The lowest BCUT2D eigenvalue weighted by atomic mass is 10.1. The number of nitrogens with zero attached hydrogens (tertiary/aromatic N) is 6. The molecule has 0 radical (unpaired) electrons. The molecule has 0 bridgehead atoms. The fraction of sp³-hybridized carbons (Fsp3) is 0.294. The maximum Gasteiger partial charge on any atom is 0.167 e. The van der Waals surface area contributed by atoms with Gasteiger partial charge < -0.3 is 15.5 Å². The van der Waals surface area contributed by atoms with Crippen LogP contribution in [0.25, 0.3) is 16.8 Å². The van der Waals surface area contributed by atoms with Crippen LogP contribution in [0.1, 0.15) is 5.69 Å². The fourth-order valence-electron chi connectivity index (χ4n) is 3.20. The molecule has 27 heavy (non-hydrogen) atoms. The summed E-state index contributed by atoms with van der Waals surface area (Å²) in [6.45, 7) is 3.86. The van der Waals surface area contributed by atoms with E-state index in [1.54, 1.807) is 6.20 Å². The maximum atomic E-state index is 4.89. The van der Waals surface area contributed by atoms with Crippen molar-refractivity contribution in [2.45, 2.75) is 13.0 Å². The number of hydrogen-bond donors (Lipinski definition) is 3. The van der Waals surface area contributed by atoms with Crippen LogP contribution in [0.3, 0.4) is 0 Å². The number of aryl methyl sites for hydroxylation is 1. The number of rotatable bonds is 5. The first-order chi connectivity index (χ1) is 13.2. The predicted octanol–water partition coefficient (Wildman–Crippen LogP) is 2.04. The van der Waals surface area contributed by atoms with Gasteiger partial charge in [0.05, 0.1) is 18.1 Å². The van der Waals surface area contributed by atoms with Gasteiger partial charge in [-0.2, -0.15) is 19.1 Å². The molecule has 5 heterocycles. The lowest BCUT2D eigenvalue weighted by Gasteiger charge is -2.40. The molecule has 1 aliphatic rings. The predicted molar refractivity (Wildman–Crippen MR) is 106 cm³/mol. The summed E-state index contributed by atoms with van der Waals surface area (Å²) < 4.78 is 6.18. The Labute approximate surface area is 159 Å². The van der Waals surface area contributed by atoms with Gasteiger partial charge in [0, 0.05) is 42.5 Å². The molecule has 0 atom stereocenters. The van der Waals surface area contributed by atoms with Gasteiger partial charge in [-0.05, 0) is 31.6 Å². The molecule has 1 aliphatic heterocycles. The highest BCUT2D eigenvalue weighted by Gasteiger charge is 2.27. The smallest absolute Gasteiger partial charge is 0.167 e. The molecular formula is C17H19N9S. The summed E-state index contributed by atoms with van der Waals surface area (Å²) in [7, 11) is 1.99. The minimum atomic E-state index is 0.502. The van der Waals surface area contributed by atoms with E-state index >= 15 is 0 Å². The van der Waals surface area contributed by atoms with E-state index in [4.69, 9.17) is 4.98 Å². The summed E-state index contributed by atoms with van der Waals surface area (Å²) in [5.41, 5.74) is 3.70. The summed E-state index contributed by atoms with van der Waals surface area (Å²) in [6.07, 6.45) is 5.46. The molecular weight excluding hydrogens is 362 g/mol. The van der Waals surface area contributed by atoms with Crippen molar-refractivity contribution in [3.05, 3.63) is 36.4 Å². The number of anilines is 3. The van der Waals surface area contributed by atoms with Gasteiger partial charge in [0.1, 0.15) is 16.6 Å². The number of nitrogens with one attached hydrogen (secondary N) is 3. The number of aromatic nitrogens is 6. The van der Waals surface area contributed by atoms with Crippen molar-refractivity contribution in [3.8, 4) is 11.1 Å². The van der Waals surface area contributed by atoms with E-state index in [0.29, 0.717) is 6.04 Å². The summed E-state index contributed by atoms with van der Waals surface area (Å²) in [6, 6.07) is 4.57. The van der Waals surface area contributed by atoms with Crippen molar-refractivity contribution in [1.29, 1.82) is 0 Å². The van der Waals surface area contributed by atoms with Crippen LogP contribution in [0.5, 0.6) is 0 Å². The zero-order chi connectivity index (χ0) is 18.4. The van der Waals surface area contributed by atoms with Crippen LogP contribution in [-0.2, 0) is 0 Å². The molecule has 5 rings (SSSR count). The number of fused-ring (bicyclic) bond motifs is 1. The van der Waals surface area contributed by atoms with E-state index in [9.17, 15) is 0 Å². The Bertz CT molecular complexity index is 1080. The Morgan fingerprint density at radius 3 is 2.85 bits per heavy atom. The third-order valence-electron chi connectivity index (χ3n) is 4.76. The molecule has 0 unspecified atom stereocenters. The van der Waals surface area contributed by atoms with E-state index in [1.165, 1.54) is 11.5 Å². The second-order valence-corrected chi connectivity index (χ2v) is 7.43. The van der Waals surface area contributed by atoms with Crippen LogP contribution in [0, 0.1) is 6.92 Å². The fourth-order valence-corrected chi connectivity index (χ4v) is 3.87. The SMILES string of the molecule is CNC1CN(c2cc(Nc3cc(C)ns3)n3ncc(-c4cn[nH]c4)c3n2)C1. The minimum absolute atomic E-state index is 0.502. The number of hydrogen-bond acceptors (Lipinski definition) is 8. The van der Waals surface area contributed by atoms with Crippen molar-refractivity contribution >= 4 is 33.8 Å². The van der Waals surface area contributed by atoms with Crippen LogP contribution in [-0.4, -0.2) is 55.3 Å². The maximum absolute atomic E-state index is 4.89. The van der Waals surface area contributed by atoms with Crippen LogP contribution >= 0.6 is 11.5 Å². The van der Waals surface area contributed by atoms with Gasteiger partial charge in [0.2, 0.25) is 0 Å². The minimum Gasteiger partial charge on any atom is -0.353 e. The number of aromatic amines is 1. The standard InChI is InChI=1S/C17H19N9S/c1-10-3-16(27-24-10)22-15-4-14(25-8-12(9-25)18-2)23-17-13(7-21-26(15)17)11-5-19-20-6-11/h3-7,12,18,22H,8-9H2,1-2H3,(H,19,20). The molecule has 0 saturated carbocycles. The molecule has 3 N–H and O–H groups in total. The largest absolute Gasteiger partial charge is 0.353 e. The van der Waals surface area contributed by atoms with Gasteiger partial charge in [-0.1, -0.05) is 0 Å². The Balaban J connectivity index is 1.61. The molecule has 0 aliphatic carbocycles. The van der Waals surface area contributed by atoms with Gasteiger partial charge in [0.25, 0.3) is 0 Å². The first-order valence-electron chi connectivity index (χ1n) is 8.72. The van der Waals surface area contributed by atoms with E-state index in [0.717, 1.165) is 52.2 Å². The summed E-state index contributed by atoms with van der Waals surface area (Å²) in [5.74, 6) is 1.80. The monoisotopic (exact) mass is 381 g/mol. The summed E-state index contributed by atoms with van der Waals surface area (Å²) >= 11 is 1.43. The molecule has 9 nitrogen and oxygen atoms in total. The lowest BCUT2D eigenvalue weighted by Crippen LogP contribution is -2.57. The molecule has 0 aromatic carbocycles. The normalized spacial score (nSPS) is 14.7. The third-order valence-corrected chi connectivity index (χ3v) is 5.56. The van der Waals surface area contributed by atoms with Crippen LogP contribution in [0.4, 0.5) is 16.6 Å². The highest BCUT2D eigenvalue weighted by molar-refractivity contribution is 7.10. The van der Waals surface area contributed by atoms with Gasteiger partial charge in [-0.25, -0.2) is 4.98 Å². The topological polar surface area (TPSA) is 99.1 Å². The zero-order valence-corrected chi connectivity index (χ0v) is 15.8. The Hall–Kier alpha value is -2.98. The van der Waals surface area contributed by atoms with E-state index < -0.39 is 0 Å². The third kappa shape index (κ3) is 2.82. The summed E-state index contributed by atoms with van der Waals surface area (Å²) in [4.78, 5) is 7.15. The Morgan fingerprint density at radius 2 is 2.15 bits per heavy atom. The average molecular weight is 381 g/mol. The molecule has 4 aromatic rings. The molecule has 10 heteroatoms. The van der Waals surface area contributed by atoms with E-state index in [2.05, 4.69) is 35.2 Å². The molecule has 138 valence electrons.